The Morgan fingerprint density at radius 3 is 2.44 bits per heavy atom. The molecule has 1 aliphatic heterocycles. The lowest BCUT2D eigenvalue weighted by Crippen LogP contribution is -2.54. The highest BCUT2D eigenvalue weighted by Crippen LogP contribution is 2.35. The summed E-state index contributed by atoms with van der Waals surface area (Å²) in [4.78, 5) is 29.2. The predicted octanol–water partition coefficient (Wildman–Crippen LogP) is 3.88. The molecule has 2 aromatic rings. The Balaban J connectivity index is 1.65. The molecule has 1 unspecified atom stereocenters. The van der Waals surface area contributed by atoms with Crippen LogP contribution in [0.15, 0.2) is 42.5 Å². The number of rotatable bonds is 12. The van der Waals surface area contributed by atoms with Gasteiger partial charge in [-0.3, -0.25) is 13.9 Å². The molecule has 4 rings (SSSR count). The molecule has 1 atom stereocenters. The third-order valence-electron chi connectivity index (χ3n) is 7.62. The number of nitrogens with zero attached hydrogens (tertiary/aromatic N) is 2. The summed E-state index contributed by atoms with van der Waals surface area (Å²) in [6.07, 6.45) is 5.49. The molecule has 0 saturated heterocycles. The molecule has 2 amide bonds. The number of hydrogen-bond acceptors (Lipinski definition) is 7. The van der Waals surface area contributed by atoms with Crippen LogP contribution in [-0.4, -0.2) is 69.8 Å². The molecule has 11 heteroatoms. The molecule has 1 N–H and O–H groups in total. The molecule has 0 bridgehead atoms. The molecule has 1 aliphatic carbocycles. The van der Waals surface area contributed by atoms with Gasteiger partial charge >= 0.3 is 0 Å². The second kappa shape index (κ2) is 13.9. The third kappa shape index (κ3) is 7.63. The fourth-order valence-electron chi connectivity index (χ4n) is 5.34. The average molecular weight is 588 g/mol. The quantitative estimate of drug-likeness (QED) is 0.401. The molecule has 2 aliphatic rings. The first-order valence-electron chi connectivity index (χ1n) is 14.4. The summed E-state index contributed by atoms with van der Waals surface area (Å²) >= 11 is 0. The van der Waals surface area contributed by atoms with Crippen LogP contribution in [0, 0.1) is 0 Å². The van der Waals surface area contributed by atoms with Gasteiger partial charge in [0, 0.05) is 18.7 Å². The van der Waals surface area contributed by atoms with Crippen LogP contribution in [0.5, 0.6) is 17.2 Å². The van der Waals surface area contributed by atoms with Crippen molar-refractivity contribution in [3.8, 4) is 17.2 Å². The van der Waals surface area contributed by atoms with E-state index in [1.54, 1.807) is 31.4 Å². The summed E-state index contributed by atoms with van der Waals surface area (Å²) in [5, 5.41) is 3.15. The molecule has 1 fully saturated rings. The number of nitrogens with one attached hydrogen (secondary N) is 1. The standard InChI is InChI=1S/C30H41N3O7S/c1-4-26(30(35)31-23-11-7-6-8-12-23)32(20-22-10-9-13-25(18-22)38-3)29(34)21-33(41(36,37)5-2)24-14-15-27-28(19-24)40-17-16-39-27/h9-10,13-15,18-19,23,26H,4-8,11-12,16-17,20-21H2,1-3H3,(H,31,35). The molecule has 1 saturated carbocycles. The van der Waals surface area contributed by atoms with E-state index in [0.717, 1.165) is 42.0 Å². The number of sulfonamides is 1. The highest BCUT2D eigenvalue weighted by atomic mass is 32.2. The van der Waals surface area contributed by atoms with E-state index in [-0.39, 0.29) is 24.2 Å². The van der Waals surface area contributed by atoms with Crippen LogP contribution in [0.4, 0.5) is 5.69 Å². The summed E-state index contributed by atoms with van der Waals surface area (Å²) in [5.41, 5.74) is 1.07. The molecule has 10 nitrogen and oxygen atoms in total. The Morgan fingerprint density at radius 1 is 1.02 bits per heavy atom. The first kappa shape index (κ1) is 30.5. The Morgan fingerprint density at radius 2 is 1.76 bits per heavy atom. The van der Waals surface area contributed by atoms with Crippen molar-refractivity contribution < 1.29 is 32.2 Å². The first-order valence-corrected chi connectivity index (χ1v) is 16.0. The first-order chi connectivity index (χ1) is 19.7. The number of carbonyl (C=O) groups is 2. The number of ether oxygens (including phenoxy) is 3. The van der Waals surface area contributed by atoms with Crippen molar-refractivity contribution in [2.45, 2.75) is 71.0 Å². The summed E-state index contributed by atoms with van der Waals surface area (Å²) in [6, 6.07) is 11.4. The highest BCUT2D eigenvalue weighted by molar-refractivity contribution is 7.92. The van der Waals surface area contributed by atoms with Gasteiger partial charge in [-0.05, 0) is 56.0 Å². The van der Waals surface area contributed by atoms with Gasteiger partial charge in [-0.1, -0.05) is 38.3 Å². The molecule has 224 valence electrons. The largest absolute Gasteiger partial charge is 0.497 e. The van der Waals surface area contributed by atoms with E-state index in [1.807, 2.05) is 25.1 Å². The monoisotopic (exact) mass is 587 g/mol. The van der Waals surface area contributed by atoms with E-state index >= 15 is 0 Å². The van der Waals surface area contributed by atoms with Crippen molar-refractivity contribution in [2.75, 3.05) is 36.9 Å². The number of fused-ring (bicyclic) bond motifs is 1. The van der Waals surface area contributed by atoms with Crippen LogP contribution in [-0.2, 0) is 26.2 Å². The summed E-state index contributed by atoms with van der Waals surface area (Å²) < 4.78 is 44.3. The van der Waals surface area contributed by atoms with Crippen LogP contribution in [0.2, 0.25) is 0 Å². The Kier molecular flexibility index (Phi) is 10.4. The van der Waals surface area contributed by atoms with Crippen molar-refractivity contribution >= 4 is 27.5 Å². The summed E-state index contributed by atoms with van der Waals surface area (Å²) in [6.45, 7) is 3.80. The summed E-state index contributed by atoms with van der Waals surface area (Å²) in [7, 11) is -2.29. The zero-order valence-electron chi connectivity index (χ0n) is 24.1. The van der Waals surface area contributed by atoms with Crippen LogP contribution in [0.3, 0.4) is 0 Å². The van der Waals surface area contributed by atoms with Crippen molar-refractivity contribution in [1.82, 2.24) is 10.2 Å². The zero-order chi connectivity index (χ0) is 29.4. The van der Waals surface area contributed by atoms with Gasteiger partial charge in [0.25, 0.3) is 0 Å². The van der Waals surface area contributed by atoms with E-state index in [4.69, 9.17) is 14.2 Å². The number of amides is 2. The smallest absolute Gasteiger partial charge is 0.244 e. The van der Waals surface area contributed by atoms with E-state index in [0.29, 0.717) is 42.6 Å². The summed E-state index contributed by atoms with van der Waals surface area (Å²) in [5.74, 6) is 0.657. The SMILES string of the molecule is CCC(C(=O)NC1CCCCC1)N(Cc1cccc(OC)c1)C(=O)CN(c1ccc2c(c1)OCCO2)S(=O)(=O)CC. The molecule has 1 heterocycles. The molecule has 41 heavy (non-hydrogen) atoms. The topological polar surface area (TPSA) is 114 Å². The van der Waals surface area contributed by atoms with E-state index < -0.39 is 28.5 Å². The normalized spacial score (nSPS) is 16.0. The molecule has 0 radical (unpaired) electrons. The second-order valence-electron chi connectivity index (χ2n) is 10.4. The number of benzene rings is 2. The molecule has 2 aromatic carbocycles. The average Bonchev–Trinajstić information content (AvgIpc) is 2.99. The van der Waals surface area contributed by atoms with Crippen molar-refractivity contribution in [1.29, 1.82) is 0 Å². The second-order valence-corrected chi connectivity index (χ2v) is 12.6. The van der Waals surface area contributed by atoms with Gasteiger partial charge in [0.05, 0.1) is 18.6 Å². The van der Waals surface area contributed by atoms with E-state index in [9.17, 15) is 18.0 Å². The minimum atomic E-state index is -3.86. The van der Waals surface area contributed by atoms with Gasteiger partial charge in [0.1, 0.15) is 31.5 Å². The van der Waals surface area contributed by atoms with Crippen LogP contribution in [0.1, 0.15) is 57.9 Å². The minimum absolute atomic E-state index is 0.0775. The third-order valence-corrected chi connectivity index (χ3v) is 9.36. The molecular weight excluding hydrogens is 546 g/mol. The van der Waals surface area contributed by atoms with Gasteiger partial charge in [0.2, 0.25) is 21.8 Å². The van der Waals surface area contributed by atoms with E-state index in [1.165, 1.54) is 11.8 Å². The zero-order valence-corrected chi connectivity index (χ0v) is 25.0. The van der Waals surface area contributed by atoms with Gasteiger partial charge in [-0.15, -0.1) is 0 Å². The minimum Gasteiger partial charge on any atom is -0.497 e. The Bertz CT molecular complexity index is 1310. The Hall–Kier alpha value is -3.47. The van der Waals surface area contributed by atoms with Gasteiger partial charge in [-0.25, -0.2) is 8.42 Å². The highest BCUT2D eigenvalue weighted by Gasteiger charge is 2.34. The van der Waals surface area contributed by atoms with Crippen molar-refractivity contribution in [2.24, 2.45) is 0 Å². The van der Waals surface area contributed by atoms with E-state index in [2.05, 4.69) is 5.32 Å². The maximum Gasteiger partial charge on any atom is 0.244 e. The van der Waals surface area contributed by atoms with Crippen LogP contribution >= 0.6 is 0 Å². The lowest BCUT2D eigenvalue weighted by Gasteiger charge is -2.34. The van der Waals surface area contributed by atoms with Crippen LogP contribution in [0.25, 0.3) is 0 Å². The number of methoxy groups -OCH3 is 1. The maximum absolute atomic E-state index is 14.1. The van der Waals surface area contributed by atoms with Gasteiger partial charge in [-0.2, -0.15) is 0 Å². The van der Waals surface area contributed by atoms with Crippen molar-refractivity contribution in [3.63, 3.8) is 0 Å². The molecule has 0 aromatic heterocycles. The fraction of sp³-hybridized carbons (Fsp3) is 0.533. The maximum atomic E-state index is 14.1. The lowest BCUT2D eigenvalue weighted by atomic mass is 9.95. The van der Waals surface area contributed by atoms with Gasteiger partial charge < -0.3 is 24.4 Å². The predicted molar refractivity (Wildman–Crippen MR) is 157 cm³/mol. The number of carbonyl (C=O) groups excluding carboxylic acids is 2. The lowest BCUT2D eigenvalue weighted by molar-refractivity contribution is -0.140. The molecular formula is C30H41N3O7S. The van der Waals surface area contributed by atoms with Crippen molar-refractivity contribution in [3.05, 3.63) is 48.0 Å². The molecule has 0 spiro atoms. The Labute approximate surface area is 243 Å². The number of anilines is 1. The number of hydrogen-bond donors (Lipinski definition) is 1. The van der Waals surface area contributed by atoms with Crippen LogP contribution < -0.4 is 23.8 Å². The van der Waals surface area contributed by atoms with Gasteiger partial charge in [0.15, 0.2) is 11.5 Å². The fourth-order valence-corrected chi connectivity index (χ4v) is 6.39.